The zero-order chi connectivity index (χ0) is 22.4. The van der Waals surface area contributed by atoms with Crippen LogP contribution < -0.4 is 0 Å². The van der Waals surface area contributed by atoms with E-state index in [1.807, 2.05) is 0 Å². The second-order valence-corrected chi connectivity index (χ2v) is 10.7. The molecule has 0 saturated heterocycles. The van der Waals surface area contributed by atoms with Gasteiger partial charge in [-0.15, -0.1) is 0 Å². The Bertz CT molecular complexity index is 431. The van der Waals surface area contributed by atoms with E-state index in [2.05, 4.69) is 12.3 Å². The van der Waals surface area contributed by atoms with Gasteiger partial charge in [0.2, 0.25) is 0 Å². The predicted molar refractivity (Wildman–Crippen MR) is 142 cm³/mol. The van der Waals surface area contributed by atoms with Crippen LogP contribution in [-0.4, -0.2) is 6.61 Å². The largest absolute Gasteiger partial charge is 0.501 e. The number of hydrogen-bond acceptors (Lipinski definition) is 1. The second kappa shape index (κ2) is 20.9. The Kier molecular flexibility index (Phi) is 17.9. The van der Waals surface area contributed by atoms with Crippen LogP contribution >= 0.6 is 0 Å². The Balaban J connectivity index is 1.93. The summed E-state index contributed by atoms with van der Waals surface area (Å²) in [6.07, 6.45) is 41.1. The van der Waals surface area contributed by atoms with Gasteiger partial charge in [-0.1, -0.05) is 128 Å². The standard InChI is InChI=1S/C31H56O/c1-2-5-9-13-17-21-25-30(26-22-18-14-10-6-3-1)31-27-23-19-15-11-7-4-8-12-16-20-24-28-32-29-31/h25,29H,1-24,26-28H2/b30-25+,31-29+. The van der Waals surface area contributed by atoms with Crippen molar-refractivity contribution in [3.63, 3.8) is 0 Å². The lowest BCUT2D eigenvalue weighted by atomic mass is 9.93. The van der Waals surface area contributed by atoms with E-state index in [9.17, 15) is 0 Å². The fourth-order valence-corrected chi connectivity index (χ4v) is 5.44. The Morgan fingerprint density at radius 2 is 0.750 bits per heavy atom. The second-order valence-electron chi connectivity index (χ2n) is 10.7. The van der Waals surface area contributed by atoms with E-state index in [1.165, 1.54) is 167 Å². The molecule has 1 heterocycles. The zero-order valence-corrected chi connectivity index (χ0v) is 21.7. The number of ether oxygens (including phenoxy) is 1. The molecule has 0 bridgehead atoms. The highest BCUT2D eigenvalue weighted by Crippen LogP contribution is 2.26. The normalized spacial score (nSPS) is 27.2. The molecular weight excluding hydrogens is 388 g/mol. The smallest absolute Gasteiger partial charge is 0.0873 e. The number of hydrogen-bond donors (Lipinski definition) is 0. The minimum atomic E-state index is 0.913. The summed E-state index contributed by atoms with van der Waals surface area (Å²) in [6, 6.07) is 0. The molecule has 2 rings (SSSR count). The monoisotopic (exact) mass is 444 g/mol. The molecule has 0 aromatic rings. The summed E-state index contributed by atoms with van der Waals surface area (Å²) in [4.78, 5) is 0. The van der Waals surface area contributed by atoms with Crippen LogP contribution in [0.2, 0.25) is 0 Å². The first-order valence-electron chi connectivity index (χ1n) is 15.0. The molecule has 0 aromatic heterocycles. The van der Waals surface area contributed by atoms with Crippen molar-refractivity contribution in [3.05, 3.63) is 23.5 Å². The van der Waals surface area contributed by atoms with Crippen LogP contribution in [0.25, 0.3) is 0 Å². The molecule has 1 aliphatic carbocycles. The van der Waals surface area contributed by atoms with E-state index < -0.39 is 0 Å². The van der Waals surface area contributed by atoms with Crippen LogP contribution in [0.3, 0.4) is 0 Å². The maximum absolute atomic E-state index is 6.14. The fraction of sp³-hybridized carbons (Fsp3) is 0.871. The van der Waals surface area contributed by atoms with Gasteiger partial charge in [0.15, 0.2) is 0 Å². The van der Waals surface area contributed by atoms with Gasteiger partial charge in [0.1, 0.15) is 0 Å². The molecule has 2 aliphatic rings. The van der Waals surface area contributed by atoms with Crippen molar-refractivity contribution in [2.24, 2.45) is 0 Å². The van der Waals surface area contributed by atoms with Crippen molar-refractivity contribution < 1.29 is 4.74 Å². The molecule has 0 fully saturated rings. The van der Waals surface area contributed by atoms with Crippen molar-refractivity contribution >= 4 is 0 Å². The van der Waals surface area contributed by atoms with Gasteiger partial charge in [-0.05, 0) is 56.1 Å². The summed E-state index contributed by atoms with van der Waals surface area (Å²) >= 11 is 0. The van der Waals surface area contributed by atoms with Gasteiger partial charge in [-0.3, -0.25) is 0 Å². The molecular formula is C31H56O. The van der Waals surface area contributed by atoms with Gasteiger partial charge < -0.3 is 4.74 Å². The molecule has 0 unspecified atom stereocenters. The summed E-state index contributed by atoms with van der Waals surface area (Å²) in [5, 5.41) is 0. The van der Waals surface area contributed by atoms with E-state index in [4.69, 9.17) is 4.74 Å². The Labute approximate surface area is 201 Å². The lowest BCUT2D eigenvalue weighted by Gasteiger charge is -2.15. The molecule has 0 N–H and O–H groups in total. The van der Waals surface area contributed by atoms with Crippen molar-refractivity contribution in [2.45, 2.75) is 167 Å². The van der Waals surface area contributed by atoms with Gasteiger partial charge in [-0.2, -0.15) is 0 Å². The van der Waals surface area contributed by atoms with E-state index in [0.717, 1.165) is 6.61 Å². The summed E-state index contributed by atoms with van der Waals surface area (Å²) in [6.45, 7) is 0.913. The van der Waals surface area contributed by atoms with Gasteiger partial charge in [0.25, 0.3) is 0 Å². The average molecular weight is 445 g/mol. The minimum Gasteiger partial charge on any atom is -0.501 e. The molecule has 1 heteroatoms. The van der Waals surface area contributed by atoms with Gasteiger partial charge in [-0.25, -0.2) is 0 Å². The maximum Gasteiger partial charge on any atom is 0.0873 e. The summed E-state index contributed by atoms with van der Waals surface area (Å²) in [5.41, 5.74) is 3.18. The van der Waals surface area contributed by atoms with Crippen LogP contribution in [-0.2, 0) is 4.74 Å². The zero-order valence-electron chi connectivity index (χ0n) is 21.7. The van der Waals surface area contributed by atoms with Gasteiger partial charge >= 0.3 is 0 Å². The molecule has 0 spiro atoms. The fourth-order valence-electron chi connectivity index (χ4n) is 5.44. The molecule has 1 nitrogen and oxygen atoms in total. The first-order valence-corrected chi connectivity index (χ1v) is 15.0. The third-order valence-corrected chi connectivity index (χ3v) is 7.64. The summed E-state index contributed by atoms with van der Waals surface area (Å²) < 4.78 is 6.14. The minimum absolute atomic E-state index is 0.913. The van der Waals surface area contributed by atoms with E-state index in [-0.39, 0.29) is 0 Å². The Hall–Kier alpha value is -0.720. The highest BCUT2D eigenvalue weighted by molar-refractivity contribution is 5.29. The van der Waals surface area contributed by atoms with E-state index >= 15 is 0 Å². The lowest BCUT2D eigenvalue weighted by Crippen LogP contribution is -1.97. The number of rotatable bonds is 1. The first kappa shape index (κ1) is 27.5. The molecule has 0 aromatic carbocycles. The van der Waals surface area contributed by atoms with Crippen molar-refractivity contribution in [3.8, 4) is 0 Å². The highest BCUT2D eigenvalue weighted by atomic mass is 16.5. The van der Waals surface area contributed by atoms with Gasteiger partial charge in [0.05, 0.1) is 12.9 Å². The van der Waals surface area contributed by atoms with Crippen molar-refractivity contribution in [2.75, 3.05) is 6.61 Å². The molecule has 0 amide bonds. The van der Waals surface area contributed by atoms with E-state index in [1.54, 1.807) is 11.1 Å². The van der Waals surface area contributed by atoms with Crippen molar-refractivity contribution in [1.29, 1.82) is 0 Å². The van der Waals surface area contributed by atoms with E-state index in [0.29, 0.717) is 0 Å². The molecule has 0 atom stereocenters. The van der Waals surface area contributed by atoms with Crippen LogP contribution in [0.5, 0.6) is 0 Å². The lowest BCUT2D eigenvalue weighted by molar-refractivity contribution is 0.237. The molecule has 186 valence electrons. The van der Waals surface area contributed by atoms with Crippen molar-refractivity contribution in [1.82, 2.24) is 0 Å². The summed E-state index contributed by atoms with van der Waals surface area (Å²) in [7, 11) is 0. The third-order valence-electron chi connectivity index (χ3n) is 7.64. The molecule has 0 radical (unpaired) electrons. The third kappa shape index (κ3) is 15.2. The van der Waals surface area contributed by atoms with Crippen LogP contribution in [0.1, 0.15) is 167 Å². The maximum atomic E-state index is 6.14. The SMILES string of the molecule is C1=C(/C2=C/OCCCCCCCCCCCCC2)CCCCCCCCCCCCCC/1. The number of allylic oxidation sites excluding steroid dienone is 3. The topological polar surface area (TPSA) is 9.23 Å². The van der Waals surface area contributed by atoms with Crippen LogP contribution in [0.15, 0.2) is 23.5 Å². The average Bonchev–Trinajstić information content (AvgIpc) is 2.79. The van der Waals surface area contributed by atoms with Crippen LogP contribution in [0, 0.1) is 0 Å². The molecule has 1 aliphatic heterocycles. The quantitative estimate of drug-likeness (QED) is 0.390. The predicted octanol–water partition coefficient (Wildman–Crippen LogP) is 11.0. The highest BCUT2D eigenvalue weighted by Gasteiger charge is 2.08. The first-order chi connectivity index (χ1) is 16.0. The Morgan fingerprint density at radius 1 is 0.375 bits per heavy atom. The summed E-state index contributed by atoms with van der Waals surface area (Å²) in [5.74, 6) is 0. The molecule has 0 saturated carbocycles. The van der Waals surface area contributed by atoms with Gasteiger partial charge in [0, 0.05) is 0 Å². The van der Waals surface area contributed by atoms with Crippen LogP contribution in [0.4, 0.5) is 0 Å². The Morgan fingerprint density at radius 3 is 1.25 bits per heavy atom. The molecule has 32 heavy (non-hydrogen) atoms.